The predicted molar refractivity (Wildman–Crippen MR) is 55.7 cm³/mol. The minimum atomic E-state index is -0.308. The quantitative estimate of drug-likeness (QED) is 0.773. The molecule has 4 nitrogen and oxygen atoms in total. The fourth-order valence-corrected chi connectivity index (χ4v) is 1.63. The summed E-state index contributed by atoms with van der Waals surface area (Å²) in [6, 6.07) is 3.41. The number of hydrogen-bond acceptors (Lipinski definition) is 3. The lowest BCUT2D eigenvalue weighted by atomic mass is 10.1. The first-order chi connectivity index (χ1) is 6.77. The summed E-state index contributed by atoms with van der Waals surface area (Å²) < 4.78 is 0.914. The van der Waals surface area contributed by atoms with Crippen molar-refractivity contribution in [3.8, 4) is 0 Å². The van der Waals surface area contributed by atoms with Crippen molar-refractivity contribution < 1.29 is 4.79 Å². The van der Waals surface area contributed by atoms with Gasteiger partial charge in [-0.25, -0.2) is 0 Å². The first-order valence-corrected chi connectivity index (χ1v) is 5.19. The Kier molecular flexibility index (Phi) is 2.79. The SMILES string of the molecule is O=C1NCCNC1c1ccc(Br)cn1. The molecule has 1 aromatic rings. The van der Waals surface area contributed by atoms with E-state index in [0.717, 1.165) is 16.7 Å². The van der Waals surface area contributed by atoms with Crippen molar-refractivity contribution in [2.75, 3.05) is 13.1 Å². The molecule has 1 aliphatic heterocycles. The Morgan fingerprint density at radius 1 is 1.43 bits per heavy atom. The molecule has 1 atom stereocenters. The predicted octanol–water partition coefficient (Wildman–Crippen LogP) is 0.605. The van der Waals surface area contributed by atoms with Gasteiger partial charge in [0.2, 0.25) is 5.91 Å². The lowest BCUT2D eigenvalue weighted by molar-refractivity contribution is -0.124. The molecular weight excluding hydrogens is 246 g/mol. The van der Waals surface area contributed by atoms with Crippen molar-refractivity contribution >= 4 is 21.8 Å². The van der Waals surface area contributed by atoms with Crippen molar-refractivity contribution in [3.05, 3.63) is 28.5 Å². The zero-order valence-electron chi connectivity index (χ0n) is 7.46. The van der Waals surface area contributed by atoms with Gasteiger partial charge in [-0.15, -0.1) is 0 Å². The number of halogens is 1. The van der Waals surface area contributed by atoms with E-state index in [1.807, 2.05) is 12.1 Å². The van der Waals surface area contributed by atoms with Crippen LogP contribution < -0.4 is 10.6 Å². The molecule has 0 aliphatic carbocycles. The van der Waals surface area contributed by atoms with E-state index in [4.69, 9.17) is 0 Å². The first kappa shape index (κ1) is 9.61. The monoisotopic (exact) mass is 255 g/mol. The van der Waals surface area contributed by atoms with Gasteiger partial charge >= 0.3 is 0 Å². The number of rotatable bonds is 1. The average Bonchev–Trinajstić information content (AvgIpc) is 2.20. The first-order valence-electron chi connectivity index (χ1n) is 4.40. The van der Waals surface area contributed by atoms with Gasteiger partial charge in [0.25, 0.3) is 0 Å². The van der Waals surface area contributed by atoms with Gasteiger partial charge in [-0.2, -0.15) is 0 Å². The summed E-state index contributed by atoms with van der Waals surface area (Å²) in [5, 5.41) is 5.91. The molecule has 0 spiro atoms. The molecular formula is C9H10BrN3O. The molecule has 1 aromatic heterocycles. The number of carbonyl (C=O) groups is 1. The van der Waals surface area contributed by atoms with Crippen LogP contribution in [-0.2, 0) is 4.79 Å². The van der Waals surface area contributed by atoms with Crippen molar-refractivity contribution in [2.24, 2.45) is 0 Å². The van der Waals surface area contributed by atoms with Crippen LogP contribution in [0.15, 0.2) is 22.8 Å². The number of carbonyl (C=O) groups excluding carboxylic acids is 1. The fraction of sp³-hybridized carbons (Fsp3) is 0.333. The number of aromatic nitrogens is 1. The van der Waals surface area contributed by atoms with Crippen LogP contribution in [0.25, 0.3) is 0 Å². The number of nitrogens with one attached hydrogen (secondary N) is 2. The van der Waals surface area contributed by atoms with E-state index in [1.54, 1.807) is 6.20 Å². The van der Waals surface area contributed by atoms with Gasteiger partial charge in [0, 0.05) is 23.8 Å². The Bertz CT molecular complexity index is 338. The lowest BCUT2D eigenvalue weighted by Gasteiger charge is -2.22. The molecule has 0 bridgehead atoms. The van der Waals surface area contributed by atoms with E-state index >= 15 is 0 Å². The summed E-state index contributed by atoms with van der Waals surface area (Å²) in [6.45, 7) is 1.47. The summed E-state index contributed by atoms with van der Waals surface area (Å²) in [4.78, 5) is 15.6. The van der Waals surface area contributed by atoms with Crippen LogP contribution in [0.2, 0.25) is 0 Å². The zero-order valence-corrected chi connectivity index (χ0v) is 9.04. The zero-order chi connectivity index (χ0) is 9.97. The minimum absolute atomic E-state index is 0.00827. The highest BCUT2D eigenvalue weighted by Gasteiger charge is 2.23. The van der Waals surface area contributed by atoms with Crippen LogP contribution in [0.5, 0.6) is 0 Å². The normalized spacial score (nSPS) is 21.8. The molecule has 5 heteroatoms. The minimum Gasteiger partial charge on any atom is -0.353 e. The summed E-state index contributed by atoms with van der Waals surface area (Å²) >= 11 is 3.30. The molecule has 1 fully saturated rings. The van der Waals surface area contributed by atoms with E-state index in [2.05, 4.69) is 31.5 Å². The molecule has 2 rings (SSSR count). The molecule has 74 valence electrons. The Labute approximate surface area is 90.2 Å². The summed E-state index contributed by atoms with van der Waals surface area (Å²) in [5.41, 5.74) is 0.755. The Morgan fingerprint density at radius 3 is 2.93 bits per heavy atom. The third kappa shape index (κ3) is 1.93. The molecule has 1 aliphatic rings. The van der Waals surface area contributed by atoms with E-state index < -0.39 is 0 Å². The molecule has 1 saturated heterocycles. The number of nitrogens with zero attached hydrogens (tertiary/aromatic N) is 1. The highest BCUT2D eigenvalue weighted by atomic mass is 79.9. The average molecular weight is 256 g/mol. The molecule has 1 unspecified atom stereocenters. The van der Waals surface area contributed by atoms with Crippen LogP contribution in [0.1, 0.15) is 11.7 Å². The van der Waals surface area contributed by atoms with Gasteiger partial charge in [0.15, 0.2) is 0 Å². The topological polar surface area (TPSA) is 54.0 Å². The molecule has 14 heavy (non-hydrogen) atoms. The Balaban J connectivity index is 2.20. The summed E-state index contributed by atoms with van der Waals surface area (Å²) in [7, 11) is 0. The maximum absolute atomic E-state index is 11.5. The van der Waals surface area contributed by atoms with Gasteiger partial charge < -0.3 is 5.32 Å². The Hall–Kier alpha value is -0.940. The molecule has 0 radical (unpaired) electrons. The largest absolute Gasteiger partial charge is 0.353 e. The van der Waals surface area contributed by atoms with Crippen LogP contribution in [0.3, 0.4) is 0 Å². The third-order valence-electron chi connectivity index (χ3n) is 2.08. The second kappa shape index (κ2) is 4.06. The molecule has 1 amide bonds. The number of amides is 1. The van der Waals surface area contributed by atoms with E-state index in [0.29, 0.717) is 6.54 Å². The van der Waals surface area contributed by atoms with Crippen LogP contribution in [-0.4, -0.2) is 24.0 Å². The number of hydrogen-bond donors (Lipinski definition) is 2. The standard InChI is InChI=1S/C9H10BrN3O/c10-6-1-2-7(13-5-6)8-9(14)12-4-3-11-8/h1-2,5,8,11H,3-4H2,(H,12,14). The second-order valence-corrected chi connectivity index (χ2v) is 4.00. The summed E-state index contributed by atoms with van der Waals surface area (Å²) in [6.07, 6.45) is 1.69. The van der Waals surface area contributed by atoms with Gasteiger partial charge in [-0.05, 0) is 28.1 Å². The van der Waals surface area contributed by atoms with Gasteiger partial charge in [-0.1, -0.05) is 0 Å². The van der Waals surface area contributed by atoms with E-state index in [-0.39, 0.29) is 11.9 Å². The molecule has 0 saturated carbocycles. The lowest BCUT2D eigenvalue weighted by Crippen LogP contribution is -2.47. The van der Waals surface area contributed by atoms with Crippen LogP contribution in [0.4, 0.5) is 0 Å². The van der Waals surface area contributed by atoms with Gasteiger partial charge in [0.05, 0.1) is 5.69 Å². The fourth-order valence-electron chi connectivity index (χ4n) is 1.39. The number of pyridine rings is 1. The van der Waals surface area contributed by atoms with Gasteiger partial charge in [0.1, 0.15) is 6.04 Å². The van der Waals surface area contributed by atoms with Crippen LogP contribution >= 0.6 is 15.9 Å². The maximum Gasteiger partial charge on any atom is 0.243 e. The smallest absolute Gasteiger partial charge is 0.243 e. The van der Waals surface area contributed by atoms with Crippen LogP contribution in [0, 0.1) is 0 Å². The third-order valence-corrected chi connectivity index (χ3v) is 2.55. The maximum atomic E-state index is 11.5. The highest BCUT2D eigenvalue weighted by molar-refractivity contribution is 9.10. The second-order valence-electron chi connectivity index (χ2n) is 3.08. The summed E-state index contributed by atoms with van der Waals surface area (Å²) in [5.74, 6) is -0.00827. The van der Waals surface area contributed by atoms with E-state index in [9.17, 15) is 4.79 Å². The highest BCUT2D eigenvalue weighted by Crippen LogP contribution is 2.14. The molecule has 2 heterocycles. The van der Waals surface area contributed by atoms with Crippen molar-refractivity contribution in [2.45, 2.75) is 6.04 Å². The van der Waals surface area contributed by atoms with Crippen molar-refractivity contribution in [3.63, 3.8) is 0 Å². The van der Waals surface area contributed by atoms with Crippen molar-refractivity contribution in [1.29, 1.82) is 0 Å². The van der Waals surface area contributed by atoms with E-state index in [1.165, 1.54) is 0 Å². The van der Waals surface area contributed by atoms with Gasteiger partial charge in [-0.3, -0.25) is 15.1 Å². The molecule has 0 aromatic carbocycles. The Morgan fingerprint density at radius 2 is 2.29 bits per heavy atom. The molecule has 2 N–H and O–H groups in total. The number of piperazine rings is 1. The van der Waals surface area contributed by atoms with Crippen molar-refractivity contribution in [1.82, 2.24) is 15.6 Å².